The summed E-state index contributed by atoms with van der Waals surface area (Å²) in [6.07, 6.45) is 5.13. The molecule has 0 radical (unpaired) electrons. The minimum Gasteiger partial charge on any atom is -0.478 e. The molecule has 342 valence electrons. The molecule has 0 saturated carbocycles. The van der Waals surface area contributed by atoms with Crippen LogP contribution >= 0.6 is 0 Å². The van der Waals surface area contributed by atoms with Gasteiger partial charge in [-0.15, -0.1) is 0 Å². The maximum Gasteiger partial charge on any atom is 0.338 e. The Hall–Kier alpha value is -8.67. The summed E-state index contributed by atoms with van der Waals surface area (Å²) in [5.74, 6) is -3.56. The lowest BCUT2D eigenvalue weighted by molar-refractivity contribution is -0.385. The Balaban J connectivity index is 0.000000216. The van der Waals surface area contributed by atoms with Gasteiger partial charge in [-0.05, 0) is 73.4 Å². The second-order valence-corrected chi connectivity index (χ2v) is 14.4. The molecular weight excluding hydrogens is 853 g/mol. The van der Waals surface area contributed by atoms with Crippen molar-refractivity contribution < 1.29 is 44.5 Å². The van der Waals surface area contributed by atoms with E-state index in [2.05, 4.69) is 16.0 Å². The molecule has 0 bridgehead atoms. The third-order valence-electron chi connectivity index (χ3n) is 9.73. The highest BCUT2D eigenvalue weighted by molar-refractivity contribution is 5.96. The molecule has 6 aromatic rings. The van der Waals surface area contributed by atoms with E-state index in [0.717, 1.165) is 56.7 Å². The van der Waals surface area contributed by atoms with Crippen LogP contribution in [0.15, 0.2) is 146 Å². The molecule has 6 N–H and O–H groups in total. The van der Waals surface area contributed by atoms with Gasteiger partial charge < -0.3 is 31.3 Å². The summed E-state index contributed by atoms with van der Waals surface area (Å²) in [6, 6.07) is 41.3. The van der Waals surface area contributed by atoms with Gasteiger partial charge >= 0.3 is 17.9 Å². The molecule has 0 heterocycles. The van der Waals surface area contributed by atoms with Crippen molar-refractivity contribution in [2.75, 3.05) is 35.6 Å². The molecule has 0 saturated heterocycles. The second-order valence-electron chi connectivity index (χ2n) is 14.4. The third-order valence-corrected chi connectivity index (χ3v) is 9.73. The molecule has 0 fully saturated rings. The van der Waals surface area contributed by atoms with Gasteiger partial charge in [0.15, 0.2) is 0 Å². The Morgan fingerprint density at radius 3 is 0.848 bits per heavy atom. The molecule has 0 spiro atoms. The van der Waals surface area contributed by atoms with Gasteiger partial charge in [0, 0.05) is 73.1 Å². The van der Waals surface area contributed by atoms with Crippen molar-refractivity contribution in [3.63, 3.8) is 0 Å². The number of carboxylic acids is 3. The highest BCUT2D eigenvalue weighted by Gasteiger charge is 2.18. The fourth-order valence-corrected chi connectivity index (χ4v) is 6.41. The summed E-state index contributed by atoms with van der Waals surface area (Å²) in [4.78, 5) is 63.8. The van der Waals surface area contributed by atoms with Crippen LogP contribution in [0.2, 0.25) is 0 Å². The number of aryl methyl sites for hydroxylation is 3. The van der Waals surface area contributed by atoms with Crippen molar-refractivity contribution in [3.05, 3.63) is 209 Å². The number of hydrogen-bond acceptors (Lipinski definition) is 12. The molecule has 18 nitrogen and oxygen atoms in total. The molecule has 0 atom stereocenters. The highest BCUT2D eigenvalue weighted by atomic mass is 16.6. The molecule has 6 rings (SSSR count). The smallest absolute Gasteiger partial charge is 0.338 e. The first kappa shape index (κ1) is 50.0. The van der Waals surface area contributed by atoms with E-state index in [0.29, 0.717) is 36.7 Å². The number of aromatic carboxylic acids is 3. The lowest BCUT2D eigenvalue weighted by atomic mass is 10.1. The van der Waals surface area contributed by atoms with Crippen molar-refractivity contribution >= 4 is 52.0 Å². The third kappa shape index (κ3) is 16.6. The minimum atomic E-state index is -1.19. The van der Waals surface area contributed by atoms with E-state index in [9.17, 15) is 44.7 Å². The Kier molecular flexibility index (Phi) is 19.7. The van der Waals surface area contributed by atoms with Crippen molar-refractivity contribution in [1.29, 1.82) is 0 Å². The van der Waals surface area contributed by atoms with Crippen molar-refractivity contribution in [1.82, 2.24) is 0 Å². The second kappa shape index (κ2) is 26.1. The van der Waals surface area contributed by atoms with Gasteiger partial charge in [0.25, 0.3) is 17.1 Å². The van der Waals surface area contributed by atoms with Crippen LogP contribution in [0.3, 0.4) is 0 Å². The number of anilines is 3. The minimum absolute atomic E-state index is 0.0890. The van der Waals surface area contributed by atoms with Crippen molar-refractivity contribution in [3.8, 4) is 0 Å². The number of carboxylic acid groups (broad SMARTS) is 3. The monoisotopic (exact) mass is 900 g/mol. The summed E-state index contributed by atoms with van der Waals surface area (Å²) < 4.78 is 0. The Morgan fingerprint density at radius 1 is 0.394 bits per heavy atom. The van der Waals surface area contributed by atoms with Gasteiger partial charge in [-0.1, -0.05) is 91.0 Å². The fourth-order valence-electron chi connectivity index (χ4n) is 6.41. The van der Waals surface area contributed by atoms with Crippen LogP contribution in [0.4, 0.5) is 34.1 Å². The number of hydrogen-bond donors (Lipinski definition) is 6. The maximum absolute atomic E-state index is 11.2. The van der Waals surface area contributed by atoms with Crippen LogP contribution in [0, 0.1) is 30.3 Å². The number of nitro benzene ring substituents is 3. The number of non-ortho nitro benzene ring substituents is 3. The largest absolute Gasteiger partial charge is 0.478 e. The summed E-state index contributed by atoms with van der Waals surface area (Å²) >= 11 is 0. The van der Waals surface area contributed by atoms with Crippen molar-refractivity contribution in [2.45, 2.75) is 38.5 Å². The number of rotatable bonds is 21. The zero-order valence-corrected chi connectivity index (χ0v) is 35.6. The number of nitrogens with zero attached hydrogens (tertiary/aromatic N) is 3. The van der Waals surface area contributed by atoms with Gasteiger partial charge in [0.1, 0.15) is 0 Å². The Labute approximate surface area is 379 Å². The van der Waals surface area contributed by atoms with E-state index in [-0.39, 0.29) is 33.8 Å². The molecule has 0 unspecified atom stereocenters. The molecule has 18 heteroatoms. The summed E-state index contributed by atoms with van der Waals surface area (Å²) in [6.45, 7) is 1.77. The van der Waals surface area contributed by atoms with E-state index in [1.54, 1.807) is 0 Å². The molecule has 0 aliphatic carbocycles. The molecule has 0 aromatic heterocycles. The molecule has 66 heavy (non-hydrogen) atoms. The molecule has 6 aromatic carbocycles. The average Bonchev–Trinajstić information content (AvgIpc) is 3.31. The topological polar surface area (TPSA) is 277 Å². The van der Waals surface area contributed by atoms with E-state index in [1.807, 2.05) is 91.0 Å². The molecule has 0 amide bonds. The fraction of sp³-hybridized carbons (Fsp3) is 0.188. The van der Waals surface area contributed by atoms with E-state index in [4.69, 9.17) is 15.3 Å². The predicted octanol–water partition coefficient (Wildman–Crippen LogP) is 10.0. The van der Waals surface area contributed by atoms with E-state index < -0.39 is 32.7 Å². The molecule has 0 aliphatic rings. The van der Waals surface area contributed by atoms with Gasteiger partial charge in [0.2, 0.25) is 0 Å². The summed E-state index contributed by atoms with van der Waals surface area (Å²) in [5.41, 5.74) is 3.87. The molecular formula is C48H48N6O12. The average molecular weight is 901 g/mol. The Morgan fingerprint density at radius 2 is 0.636 bits per heavy atom. The zero-order chi connectivity index (χ0) is 47.8. The molecule has 0 aliphatic heterocycles. The van der Waals surface area contributed by atoms with Crippen LogP contribution in [0.1, 0.15) is 67.0 Å². The first-order valence-electron chi connectivity index (χ1n) is 20.6. The lowest BCUT2D eigenvalue weighted by Crippen LogP contribution is -2.09. The van der Waals surface area contributed by atoms with Crippen LogP contribution in [0.5, 0.6) is 0 Å². The standard InChI is InChI=1S/3C16H16N2O4/c3*19-16(20)14-11-13(18(21)22)8-9-15(14)17-10-4-7-12-5-2-1-3-6-12/h3*1-3,5-6,8-9,11,17H,4,7,10H2,(H,19,20). The SMILES string of the molecule is O=C(O)c1cc([N+](=O)[O-])ccc1NCCCc1ccccc1.O=C(O)c1cc([N+](=O)[O-])ccc1NCCCc1ccccc1.O=C(O)c1cc([N+](=O)[O-])ccc1NCCCc1ccccc1. The van der Waals surface area contributed by atoms with Gasteiger partial charge in [0.05, 0.1) is 31.5 Å². The van der Waals surface area contributed by atoms with Crippen LogP contribution in [-0.2, 0) is 19.3 Å². The van der Waals surface area contributed by atoms with Crippen LogP contribution in [0.25, 0.3) is 0 Å². The normalized spacial score (nSPS) is 10.2. The van der Waals surface area contributed by atoms with Crippen LogP contribution < -0.4 is 16.0 Å². The summed E-state index contributed by atoms with van der Waals surface area (Å²) in [5, 5.41) is 68.6. The van der Waals surface area contributed by atoms with Crippen molar-refractivity contribution in [2.24, 2.45) is 0 Å². The van der Waals surface area contributed by atoms with Gasteiger partial charge in [-0.3, -0.25) is 30.3 Å². The van der Waals surface area contributed by atoms with E-state index in [1.165, 1.54) is 53.1 Å². The van der Waals surface area contributed by atoms with Gasteiger partial charge in [-0.25, -0.2) is 14.4 Å². The van der Waals surface area contributed by atoms with Crippen LogP contribution in [-0.4, -0.2) is 67.6 Å². The quantitative estimate of drug-likeness (QED) is 0.0223. The first-order chi connectivity index (χ1) is 31.7. The number of nitro groups is 3. The highest BCUT2D eigenvalue weighted by Crippen LogP contribution is 2.25. The zero-order valence-electron chi connectivity index (χ0n) is 35.6. The summed E-state index contributed by atoms with van der Waals surface area (Å²) in [7, 11) is 0. The lowest BCUT2D eigenvalue weighted by Gasteiger charge is -2.09. The number of carbonyl (C=O) groups is 3. The number of nitrogens with one attached hydrogen (secondary N) is 3. The van der Waals surface area contributed by atoms with Gasteiger partial charge in [-0.2, -0.15) is 0 Å². The Bertz CT molecular complexity index is 2300. The first-order valence-corrected chi connectivity index (χ1v) is 20.6. The predicted molar refractivity (Wildman–Crippen MR) is 250 cm³/mol. The van der Waals surface area contributed by atoms with E-state index >= 15 is 0 Å². The number of benzene rings is 6. The maximum atomic E-state index is 11.2.